The fraction of sp³-hybridized carbons (Fsp3) is 0.308. The van der Waals surface area contributed by atoms with Crippen LogP contribution >= 0.6 is 0 Å². The average Bonchev–Trinajstić information content (AvgIpc) is 2.91. The molecule has 0 radical (unpaired) electrons. The van der Waals surface area contributed by atoms with Crippen molar-refractivity contribution in [2.75, 3.05) is 13.7 Å². The molecule has 32 heavy (non-hydrogen) atoms. The van der Waals surface area contributed by atoms with E-state index in [0.717, 1.165) is 0 Å². The number of carbonyl (C=O) groups is 2. The van der Waals surface area contributed by atoms with Crippen LogP contribution in [0.1, 0.15) is 54.3 Å². The van der Waals surface area contributed by atoms with Gasteiger partial charge in [0.25, 0.3) is 0 Å². The molecule has 1 aliphatic carbocycles. The Kier molecular flexibility index (Phi) is 7.36. The topological polar surface area (TPSA) is 71.1 Å². The van der Waals surface area contributed by atoms with Gasteiger partial charge in [0.1, 0.15) is 23.0 Å². The lowest BCUT2D eigenvalue weighted by Gasteiger charge is -2.24. The summed E-state index contributed by atoms with van der Waals surface area (Å²) in [6.07, 6.45) is 4.43. The monoisotopic (exact) mass is 436 g/mol. The summed E-state index contributed by atoms with van der Waals surface area (Å²) < 4.78 is 21.8. The molecule has 0 aliphatic heterocycles. The van der Waals surface area contributed by atoms with Gasteiger partial charge >= 0.3 is 11.9 Å². The van der Waals surface area contributed by atoms with Crippen molar-refractivity contribution in [3.05, 3.63) is 83.3 Å². The van der Waals surface area contributed by atoms with Gasteiger partial charge in [-0.2, -0.15) is 0 Å². The van der Waals surface area contributed by atoms with Gasteiger partial charge in [0.15, 0.2) is 0 Å². The molecule has 0 heterocycles. The molecule has 2 aromatic rings. The molecule has 6 heteroatoms. The van der Waals surface area contributed by atoms with Gasteiger partial charge in [-0.3, -0.25) is 0 Å². The Bertz CT molecular complexity index is 1010. The molecule has 1 aliphatic rings. The van der Waals surface area contributed by atoms with Crippen molar-refractivity contribution < 1.29 is 28.5 Å². The van der Waals surface area contributed by atoms with Crippen LogP contribution in [0, 0.1) is 5.41 Å². The number of esters is 2. The molecule has 0 spiro atoms. The summed E-state index contributed by atoms with van der Waals surface area (Å²) in [6, 6.07) is 13.6. The van der Waals surface area contributed by atoms with E-state index in [4.69, 9.17) is 18.9 Å². The Hall–Kier alpha value is -3.54. The molecule has 0 saturated heterocycles. The van der Waals surface area contributed by atoms with Gasteiger partial charge in [0.05, 0.1) is 24.8 Å². The quantitative estimate of drug-likeness (QED) is 0.519. The largest absolute Gasteiger partial charge is 0.497 e. The second-order valence-electron chi connectivity index (χ2n) is 8.25. The lowest BCUT2D eigenvalue weighted by Crippen LogP contribution is -2.16. The van der Waals surface area contributed by atoms with Crippen LogP contribution < -0.4 is 9.47 Å². The minimum Gasteiger partial charge on any atom is -0.497 e. The Morgan fingerprint density at radius 1 is 0.781 bits per heavy atom. The van der Waals surface area contributed by atoms with Crippen molar-refractivity contribution in [2.45, 2.75) is 33.6 Å². The first-order valence-corrected chi connectivity index (χ1v) is 10.5. The Morgan fingerprint density at radius 2 is 1.22 bits per heavy atom. The van der Waals surface area contributed by atoms with E-state index in [1.807, 2.05) is 20.8 Å². The number of carbonyl (C=O) groups excluding carboxylic acids is 2. The highest BCUT2D eigenvalue weighted by molar-refractivity contribution is 5.91. The van der Waals surface area contributed by atoms with Crippen molar-refractivity contribution in [3.8, 4) is 11.5 Å². The molecule has 2 aromatic carbocycles. The molecule has 0 amide bonds. The first-order valence-electron chi connectivity index (χ1n) is 10.5. The maximum Gasteiger partial charge on any atom is 0.343 e. The maximum absolute atomic E-state index is 12.6. The summed E-state index contributed by atoms with van der Waals surface area (Å²) in [5, 5.41) is 0. The summed E-state index contributed by atoms with van der Waals surface area (Å²) in [4.78, 5) is 25.1. The lowest BCUT2D eigenvalue weighted by atomic mass is 9.85. The molecule has 0 fully saturated rings. The first-order chi connectivity index (χ1) is 15.3. The van der Waals surface area contributed by atoms with Crippen LogP contribution in [0.4, 0.5) is 0 Å². The average molecular weight is 437 g/mol. The highest BCUT2D eigenvalue weighted by Gasteiger charge is 2.27. The van der Waals surface area contributed by atoms with Crippen LogP contribution in [0.5, 0.6) is 11.5 Å². The minimum absolute atomic E-state index is 0.270. The minimum atomic E-state index is -0.446. The van der Waals surface area contributed by atoms with Gasteiger partial charge in [-0.05, 0) is 73.0 Å². The van der Waals surface area contributed by atoms with Crippen LogP contribution in [-0.4, -0.2) is 25.7 Å². The number of ether oxygens (including phenoxy) is 4. The molecular weight excluding hydrogens is 408 g/mol. The standard InChI is InChI=1S/C26H28O6/c1-5-30-21-12-8-19(9-13-21)25(28)32-23-15-14-22(16-26(2,3)17-23)31-24(27)18-6-10-20(29-4)11-7-18/h6-15H,5,16-17H2,1-4H3. The van der Waals surface area contributed by atoms with Crippen molar-refractivity contribution in [3.63, 3.8) is 0 Å². The predicted octanol–water partition coefficient (Wildman–Crippen LogP) is 5.70. The van der Waals surface area contributed by atoms with Crippen LogP contribution in [0.2, 0.25) is 0 Å². The molecule has 0 saturated carbocycles. The Balaban J connectivity index is 1.70. The van der Waals surface area contributed by atoms with Gasteiger partial charge in [-0.25, -0.2) is 9.59 Å². The number of hydrogen-bond donors (Lipinski definition) is 0. The van der Waals surface area contributed by atoms with Crippen molar-refractivity contribution >= 4 is 11.9 Å². The smallest absolute Gasteiger partial charge is 0.343 e. The van der Waals surface area contributed by atoms with Crippen LogP contribution in [0.3, 0.4) is 0 Å². The van der Waals surface area contributed by atoms with E-state index in [2.05, 4.69) is 0 Å². The number of allylic oxidation sites excluding steroid dienone is 4. The zero-order valence-electron chi connectivity index (χ0n) is 18.8. The van der Waals surface area contributed by atoms with Gasteiger partial charge in [0.2, 0.25) is 0 Å². The van der Waals surface area contributed by atoms with E-state index < -0.39 is 11.9 Å². The summed E-state index contributed by atoms with van der Waals surface area (Å²) >= 11 is 0. The lowest BCUT2D eigenvalue weighted by molar-refractivity contribution is 0.0580. The molecule has 6 nitrogen and oxygen atoms in total. The van der Waals surface area contributed by atoms with Gasteiger partial charge in [0, 0.05) is 12.8 Å². The highest BCUT2D eigenvalue weighted by Crippen LogP contribution is 2.36. The zero-order chi connectivity index (χ0) is 23.1. The normalized spacial score (nSPS) is 15.0. The molecule has 0 unspecified atom stereocenters. The fourth-order valence-corrected chi connectivity index (χ4v) is 3.39. The van der Waals surface area contributed by atoms with E-state index in [1.165, 1.54) is 0 Å². The molecular formula is C26H28O6. The van der Waals surface area contributed by atoms with Crippen molar-refractivity contribution in [2.24, 2.45) is 5.41 Å². The highest BCUT2D eigenvalue weighted by atomic mass is 16.5. The van der Waals surface area contributed by atoms with Gasteiger partial charge in [-0.1, -0.05) is 13.8 Å². The molecule has 0 aromatic heterocycles. The summed E-state index contributed by atoms with van der Waals surface area (Å²) in [6.45, 7) is 6.53. The number of methoxy groups -OCH3 is 1. The summed E-state index contributed by atoms with van der Waals surface area (Å²) in [7, 11) is 1.57. The first kappa shape index (κ1) is 23.1. The molecule has 3 rings (SSSR count). The zero-order valence-corrected chi connectivity index (χ0v) is 18.8. The number of benzene rings is 2. The van der Waals surface area contributed by atoms with Crippen LogP contribution in [0.25, 0.3) is 0 Å². The predicted molar refractivity (Wildman–Crippen MR) is 121 cm³/mol. The molecule has 0 atom stereocenters. The Morgan fingerprint density at radius 3 is 1.62 bits per heavy atom. The van der Waals surface area contributed by atoms with Gasteiger partial charge in [-0.15, -0.1) is 0 Å². The molecule has 168 valence electrons. The van der Waals surface area contributed by atoms with Crippen molar-refractivity contribution in [1.82, 2.24) is 0 Å². The second kappa shape index (κ2) is 10.2. The fourth-order valence-electron chi connectivity index (χ4n) is 3.39. The van der Waals surface area contributed by atoms with Crippen LogP contribution in [0.15, 0.2) is 72.2 Å². The third-order valence-electron chi connectivity index (χ3n) is 4.94. The van der Waals surface area contributed by atoms with Crippen molar-refractivity contribution in [1.29, 1.82) is 0 Å². The van der Waals surface area contributed by atoms with Gasteiger partial charge < -0.3 is 18.9 Å². The maximum atomic E-state index is 12.6. The molecule has 0 N–H and O–H groups in total. The van der Waals surface area contributed by atoms with Crippen LogP contribution in [-0.2, 0) is 9.47 Å². The van der Waals surface area contributed by atoms with E-state index >= 15 is 0 Å². The van der Waals surface area contributed by atoms with E-state index in [1.54, 1.807) is 67.8 Å². The molecule has 0 bridgehead atoms. The number of rotatable bonds is 7. The van der Waals surface area contributed by atoms with E-state index in [-0.39, 0.29) is 5.41 Å². The number of hydrogen-bond acceptors (Lipinski definition) is 6. The van der Waals surface area contributed by atoms with E-state index in [0.29, 0.717) is 53.6 Å². The summed E-state index contributed by atoms with van der Waals surface area (Å²) in [5.74, 6) is 1.51. The third-order valence-corrected chi connectivity index (χ3v) is 4.94. The third kappa shape index (κ3) is 6.23. The second-order valence-corrected chi connectivity index (χ2v) is 8.25. The summed E-state index contributed by atoms with van der Waals surface area (Å²) in [5.41, 5.74) is 0.597. The Labute approximate surface area is 188 Å². The SMILES string of the molecule is CCOc1ccc(C(=O)OC2=CC=C(OC(=O)c3ccc(OC)cc3)CC(C)(C)C2)cc1. The van der Waals surface area contributed by atoms with E-state index in [9.17, 15) is 9.59 Å².